The van der Waals surface area contributed by atoms with E-state index < -0.39 is 70.1 Å². The van der Waals surface area contributed by atoms with Gasteiger partial charge in [-0.3, -0.25) is 14.4 Å². The van der Waals surface area contributed by atoms with Crippen molar-refractivity contribution >= 4 is 23.3 Å². The van der Waals surface area contributed by atoms with Crippen LogP contribution in [0.3, 0.4) is 0 Å². The lowest BCUT2D eigenvalue weighted by molar-refractivity contribution is -0.135. The topological polar surface area (TPSA) is 75.3 Å². The van der Waals surface area contributed by atoms with Gasteiger partial charge in [-0.25, -0.2) is 22.0 Å². The number of benzene rings is 2. The first kappa shape index (κ1) is 24.8. The Morgan fingerprint density at radius 1 is 0.914 bits per heavy atom. The van der Waals surface area contributed by atoms with E-state index in [0.717, 1.165) is 38.2 Å². The van der Waals surface area contributed by atoms with Crippen molar-refractivity contribution in [2.24, 2.45) is 5.92 Å². The summed E-state index contributed by atoms with van der Waals surface area (Å²) in [5.74, 6) is -15.3. The van der Waals surface area contributed by atoms with Crippen LogP contribution in [0.15, 0.2) is 24.3 Å². The van der Waals surface area contributed by atoms with Crippen LogP contribution < -0.4 is 10.6 Å². The zero-order valence-corrected chi connectivity index (χ0v) is 18.8. The third-order valence-corrected chi connectivity index (χ3v) is 6.82. The van der Waals surface area contributed by atoms with Crippen molar-refractivity contribution in [1.29, 1.82) is 0 Å². The van der Waals surface area contributed by atoms with Gasteiger partial charge in [-0.15, -0.1) is 0 Å². The van der Waals surface area contributed by atoms with E-state index >= 15 is 0 Å². The maximum atomic E-state index is 14.1. The molecule has 0 bridgehead atoms. The van der Waals surface area contributed by atoms with Gasteiger partial charge in [0.15, 0.2) is 35.0 Å². The minimum atomic E-state index is -2.33. The Balaban J connectivity index is 1.50. The summed E-state index contributed by atoms with van der Waals surface area (Å²) < 4.78 is 68.8. The lowest BCUT2D eigenvalue weighted by Crippen LogP contribution is -2.46. The molecule has 10 heteroatoms. The van der Waals surface area contributed by atoms with Gasteiger partial charge in [0.25, 0.3) is 0 Å². The van der Waals surface area contributed by atoms with E-state index in [0.29, 0.717) is 11.6 Å². The molecule has 2 N–H and O–H groups in total. The third kappa shape index (κ3) is 4.53. The average molecular weight is 494 g/mol. The van der Waals surface area contributed by atoms with Crippen LogP contribution in [-0.4, -0.2) is 23.1 Å². The number of halogens is 5. The molecule has 2 atom stereocenters. The molecule has 2 aromatic carbocycles. The highest BCUT2D eigenvalue weighted by Gasteiger charge is 2.53. The van der Waals surface area contributed by atoms with Gasteiger partial charge in [-0.2, -0.15) is 0 Å². The molecular weight excluding hydrogens is 471 g/mol. The van der Waals surface area contributed by atoms with Gasteiger partial charge in [-0.05, 0) is 43.4 Å². The number of Topliss-reactive ketones (excluding diaryl/α,β-unsaturated/α-hetero) is 1. The Kier molecular flexibility index (Phi) is 6.66. The first-order valence-corrected chi connectivity index (χ1v) is 11.3. The first-order chi connectivity index (χ1) is 16.5. The van der Waals surface area contributed by atoms with Crippen molar-refractivity contribution in [3.63, 3.8) is 0 Å². The van der Waals surface area contributed by atoms with Gasteiger partial charge in [0.05, 0.1) is 0 Å². The zero-order valence-electron chi connectivity index (χ0n) is 18.8. The molecule has 2 aliphatic rings. The van der Waals surface area contributed by atoms with Crippen molar-refractivity contribution in [1.82, 2.24) is 5.32 Å². The summed E-state index contributed by atoms with van der Waals surface area (Å²) in [6.07, 6.45) is 4.68. The fourth-order valence-corrected chi connectivity index (χ4v) is 4.86. The predicted octanol–water partition coefficient (Wildman–Crippen LogP) is 4.68. The fourth-order valence-electron chi connectivity index (χ4n) is 4.86. The minimum Gasteiger partial charge on any atom is -0.342 e. The molecule has 2 amide bonds. The van der Waals surface area contributed by atoms with Crippen LogP contribution in [0.25, 0.3) is 0 Å². The van der Waals surface area contributed by atoms with E-state index in [9.17, 15) is 36.3 Å². The van der Waals surface area contributed by atoms with Gasteiger partial charge in [0, 0.05) is 17.7 Å². The molecule has 4 rings (SSSR count). The molecule has 35 heavy (non-hydrogen) atoms. The molecule has 0 aromatic heterocycles. The molecule has 1 heterocycles. The molecule has 2 fully saturated rings. The van der Waals surface area contributed by atoms with Gasteiger partial charge in [0.2, 0.25) is 17.6 Å². The lowest BCUT2D eigenvalue weighted by Gasteiger charge is -2.23. The Morgan fingerprint density at radius 2 is 1.46 bits per heavy atom. The van der Waals surface area contributed by atoms with E-state index in [2.05, 4.69) is 10.6 Å². The van der Waals surface area contributed by atoms with Crippen LogP contribution in [0.2, 0.25) is 0 Å². The van der Waals surface area contributed by atoms with Crippen molar-refractivity contribution in [3.8, 4) is 0 Å². The van der Waals surface area contributed by atoms with Crippen LogP contribution in [0.4, 0.5) is 27.6 Å². The second kappa shape index (κ2) is 9.39. The summed E-state index contributed by atoms with van der Waals surface area (Å²) in [5.41, 5.74) is -1.82. The minimum absolute atomic E-state index is 0.350. The van der Waals surface area contributed by atoms with Crippen molar-refractivity contribution in [3.05, 3.63) is 64.5 Å². The van der Waals surface area contributed by atoms with Gasteiger partial charge >= 0.3 is 0 Å². The maximum Gasteiger partial charge on any atom is 0.244 e. The summed E-state index contributed by atoms with van der Waals surface area (Å²) in [4.78, 5) is 38.1. The van der Waals surface area contributed by atoms with E-state index in [1.807, 2.05) is 12.1 Å². The molecule has 0 radical (unpaired) electrons. The highest BCUT2D eigenvalue weighted by molar-refractivity contribution is 6.27. The van der Waals surface area contributed by atoms with Gasteiger partial charge in [-0.1, -0.05) is 31.4 Å². The molecule has 1 saturated carbocycles. The van der Waals surface area contributed by atoms with Gasteiger partial charge in [0.1, 0.15) is 5.54 Å². The van der Waals surface area contributed by atoms with E-state index in [4.69, 9.17) is 0 Å². The van der Waals surface area contributed by atoms with Gasteiger partial charge < -0.3 is 10.6 Å². The van der Waals surface area contributed by atoms with E-state index in [1.54, 1.807) is 12.1 Å². The van der Waals surface area contributed by atoms with Crippen LogP contribution in [0.1, 0.15) is 56.1 Å². The molecule has 5 nitrogen and oxygen atoms in total. The number of nitrogens with one attached hydrogen (secondary N) is 2. The first-order valence-electron chi connectivity index (χ1n) is 11.3. The van der Waals surface area contributed by atoms with Crippen molar-refractivity contribution in [2.45, 2.75) is 56.9 Å². The monoisotopic (exact) mass is 494 g/mol. The number of hydrogen-bond donors (Lipinski definition) is 2. The molecular formula is C25H23F5N2O3. The standard InChI is InChI=1S/C25H23F5N2O3/c1-25(11-15-17(26)19(28)21(30)20(29)18(15)27)22(33)16(24(35)32-25)23(34)31-14-9-7-13(8-10-14)12-5-3-2-4-6-12/h7-10,12,16H,2-6,11H2,1H3,(H,31,34)(H,32,35). The number of ketones is 1. The summed E-state index contributed by atoms with van der Waals surface area (Å²) >= 11 is 0. The van der Waals surface area contributed by atoms with Crippen molar-refractivity contribution < 1.29 is 36.3 Å². The van der Waals surface area contributed by atoms with Crippen LogP contribution in [-0.2, 0) is 20.8 Å². The second-order valence-corrected chi connectivity index (χ2v) is 9.29. The van der Waals surface area contributed by atoms with Crippen LogP contribution in [0, 0.1) is 35.0 Å². The second-order valence-electron chi connectivity index (χ2n) is 9.29. The highest BCUT2D eigenvalue weighted by Crippen LogP contribution is 2.34. The number of anilines is 1. The predicted molar refractivity (Wildman–Crippen MR) is 116 cm³/mol. The van der Waals surface area contributed by atoms with Crippen LogP contribution >= 0.6 is 0 Å². The highest BCUT2D eigenvalue weighted by atomic mass is 19.2. The smallest absolute Gasteiger partial charge is 0.244 e. The third-order valence-electron chi connectivity index (χ3n) is 6.82. The Morgan fingerprint density at radius 3 is 2.03 bits per heavy atom. The fraction of sp³-hybridized carbons (Fsp3) is 0.400. The Bertz CT molecular complexity index is 1170. The maximum absolute atomic E-state index is 14.1. The number of rotatable bonds is 5. The average Bonchev–Trinajstić information content (AvgIpc) is 3.08. The quantitative estimate of drug-likeness (QED) is 0.274. The summed E-state index contributed by atoms with van der Waals surface area (Å²) in [6.45, 7) is 1.07. The van der Waals surface area contributed by atoms with E-state index in [-0.39, 0.29) is 0 Å². The number of carbonyl (C=O) groups excluding carboxylic acids is 3. The van der Waals surface area contributed by atoms with Crippen molar-refractivity contribution in [2.75, 3.05) is 5.32 Å². The number of hydrogen-bond acceptors (Lipinski definition) is 3. The molecule has 1 aliphatic heterocycles. The number of carbonyl (C=O) groups is 3. The molecule has 2 unspecified atom stereocenters. The Labute approximate surface area is 198 Å². The normalized spacial score (nSPS) is 22.9. The zero-order chi connectivity index (χ0) is 25.5. The van der Waals surface area contributed by atoms with E-state index in [1.165, 1.54) is 6.42 Å². The Hall–Kier alpha value is -3.30. The summed E-state index contributed by atoms with van der Waals surface area (Å²) in [6, 6.07) is 7.06. The SMILES string of the molecule is CC1(Cc2c(F)c(F)c(F)c(F)c2F)NC(=O)C(C(=O)Nc2ccc(C3CCCCC3)cc2)C1=O. The number of amides is 2. The molecule has 1 aliphatic carbocycles. The molecule has 2 aromatic rings. The largest absolute Gasteiger partial charge is 0.342 e. The summed E-state index contributed by atoms with van der Waals surface area (Å²) in [7, 11) is 0. The lowest BCUT2D eigenvalue weighted by atomic mass is 9.84. The van der Waals surface area contributed by atoms with Crippen LogP contribution in [0.5, 0.6) is 0 Å². The molecule has 186 valence electrons. The molecule has 1 saturated heterocycles. The molecule has 0 spiro atoms. The summed E-state index contributed by atoms with van der Waals surface area (Å²) in [5, 5.41) is 4.67.